The molecule has 3 N–H and O–H groups in total. The highest BCUT2D eigenvalue weighted by molar-refractivity contribution is 7.10. The summed E-state index contributed by atoms with van der Waals surface area (Å²) in [7, 11) is 1.78. The molecule has 102 valence electrons. The zero-order chi connectivity index (χ0) is 13.7. The van der Waals surface area contributed by atoms with E-state index in [0.29, 0.717) is 12.0 Å². The molecule has 6 heteroatoms. The largest absolute Gasteiger partial charge is 0.396 e. The van der Waals surface area contributed by atoms with Gasteiger partial charge in [0.2, 0.25) is 0 Å². The van der Waals surface area contributed by atoms with Gasteiger partial charge in [-0.05, 0) is 30.8 Å². The first-order chi connectivity index (χ1) is 8.51. The van der Waals surface area contributed by atoms with Crippen molar-refractivity contribution in [3.8, 4) is 0 Å². The number of nitrogens with one attached hydrogen (secondary N) is 2. The van der Waals surface area contributed by atoms with E-state index in [0.717, 1.165) is 10.7 Å². The SMILES string of the molecule is CNc1snc(C)c1C(=O)NC(CCO)C(C)C. The Labute approximate surface area is 112 Å². The molecule has 1 amide bonds. The van der Waals surface area contributed by atoms with Gasteiger partial charge >= 0.3 is 0 Å². The molecule has 0 saturated carbocycles. The summed E-state index contributed by atoms with van der Waals surface area (Å²) in [6.45, 7) is 5.95. The van der Waals surface area contributed by atoms with Crippen molar-refractivity contribution in [1.82, 2.24) is 9.69 Å². The number of carbonyl (C=O) groups excluding carboxylic acids is 1. The molecule has 1 aromatic heterocycles. The first-order valence-electron chi connectivity index (χ1n) is 6.07. The lowest BCUT2D eigenvalue weighted by Gasteiger charge is -2.21. The lowest BCUT2D eigenvalue weighted by molar-refractivity contribution is 0.0917. The number of amides is 1. The van der Waals surface area contributed by atoms with Crippen LogP contribution in [0.5, 0.6) is 0 Å². The van der Waals surface area contributed by atoms with Crippen LogP contribution in [0.25, 0.3) is 0 Å². The Morgan fingerprint density at radius 3 is 2.67 bits per heavy atom. The molecular formula is C12H21N3O2S. The average molecular weight is 271 g/mol. The predicted octanol–water partition coefficient (Wildman–Crippen LogP) is 1.63. The van der Waals surface area contributed by atoms with Crippen molar-refractivity contribution < 1.29 is 9.90 Å². The van der Waals surface area contributed by atoms with Crippen LogP contribution < -0.4 is 10.6 Å². The number of anilines is 1. The predicted molar refractivity (Wildman–Crippen MR) is 74.2 cm³/mol. The van der Waals surface area contributed by atoms with Gasteiger partial charge in [0, 0.05) is 19.7 Å². The number of aryl methyl sites for hydroxylation is 1. The summed E-state index contributed by atoms with van der Waals surface area (Å²) in [5.74, 6) is 0.156. The van der Waals surface area contributed by atoms with Gasteiger partial charge in [0.05, 0.1) is 11.3 Å². The van der Waals surface area contributed by atoms with E-state index in [4.69, 9.17) is 5.11 Å². The Hall–Kier alpha value is -1.14. The van der Waals surface area contributed by atoms with Crippen LogP contribution in [0.2, 0.25) is 0 Å². The van der Waals surface area contributed by atoms with Gasteiger partial charge in [-0.15, -0.1) is 0 Å². The summed E-state index contributed by atoms with van der Waals surface area (Å²) in [6, 6.07) is -0.0218. The quantitative estimate of drug-likeness (QED) is 0.735. The third-order valence-electron chi connectivity index (χ3n) is 2.88. The summed E-state index contributed by atoms with van der Waals surface area (Å²) >= 11 is 1.28. The zero-order valence-corrected chi connectivity index (χ0v) is 12.1. The number of hydrogen-bond donors (Lipinski definition) is 3. The highest BCUT2D eigenvalue weighted by Gasteiger charge is 2.22. The van der Waals surface area contributed by atoms with Crippen molar-refractivity contribution >= 4 is 22.4 Å². The Morgan fingerprint density at radius 1 is 1.50 bits per heavy atom. The summed E-state index contributed by atoms with van der Waals surface area (Å²) in [5, 5.41) is 15.7. The van der Waals surface area contributed by atoms with Crippen molar-refractivity contribution in [2.75, 3.05) is 19.0 Å². The van der Waals surface area contributed by atoms with Crippen LogP contribution in [0.4, 0.5) is 5.00 Å². The van der Waals surface area contributed by atoms with Gasteiger partial charge in [-0.1, -0.05) is 13.8 Å². The molecule has 1 atom stereocenters. The Bertz CT molecular complexity index is 404. The van der Waals surface area contributed by atoms with E-state index in [1.54, 1.807) is 7.05 Å². The third kappa shape index (κ3) is 3.43. The zero-order valence-electron chi connectivity index (χ0n) is 11.3. The van der Waals surface area contributed by atoms with Crippen LogP contribution in [0, 0.1) is 12.8 Å². The van der Waals surface area contributed by atoms with E-state index in [1.807, 2.05) is 20.8 Å². The monoisotopic (exact) mass is 271 g/mol. The molecule has 0 radical (unpaired) electrons. The molecule has 0 saturated heterocycles. The summed E-state index contributed by atoms with van der Waals surface area (Å²) in [5.41, 5.74) is 1.33. The fourth-order valence-electron chi connectivity index (χ4n) is 1.76. The van der Waals surface area contributed by atoms with Gasteiger partial charge in [-0.2, -0.15) is 4.37 Å². The molecule has 1 aromatic rings. The Morgan fingerprint density at radius 2 is 2.17 bits per heavy atom. The van der Waals surface area contributed by atoms with Crippen molar-refractivity contribution in [1.29, 1.82) is 0 Å². The van der Waals surface area contributed by atoms with E-state index >= 15 is 0 Å². The van der Waals surface area contributed by atoms with Gasteiger partial charge in [-0.3, -0.25) is 4.79 Å². The van der Waals surface area contributed by atoms with Crippen LogP contribution in [-0.4, -0.2) is 35.1 Å². The highest BCUT2D eigenvalue weighted by atomic mass is 32.1. The fourth-order valence-corrected chi connectivity index (χ4v) is 2.50. The highest BCUT2D eigenvalue weighted by Crippen LogP contribution is 2.24. The van der Waals surface area contributed by atoms with Crippen molar-refractivity contribution in [2.24, 2.45) is 5.92 Å². The minimum atomic E-state index is -0.127. The van der Waals surface area contributed by atoms with Gasteiger partial charge < -0.3 is 15.7 Å². The van der Waals surface area contributed by atoms with Crippen LogP contribution >= 0.6 is 11.5 Å². The molecule has 0 aliphatic heterocycles. The molecule has 1 unspecified atom stereocenters. The maximum atomic E-state index is 12.2. The van der Waals surface area contributed by atoms with Crippen LogP contribution in [0.3, 0.4) is 0 Å². The van der Waals surface area contributed by atoms with E-state index in [9.17, 15) is 4.79 Å². The molecule has 0 aliphatic rings. The van der Waals surface area contributed by atoms with Gasteiger partial charge in [0.25, 0.3) is 5.91 Å². The molecular weight excluding hydrogens is 250 g/mol. The lowest BCUT2D eigenvalue weighted by Crippen LogP contribution is -2.39. The van der Waals surface area contributed by atoms with Crippen molar-refractivity contribution in [2.45, 2.75) is 33.2 Å². The maximum absolute atomic E-state index is 12.2. The molecule has 18 heavy (non-hydrogen) atoms. The number of aliphatic hydroxyl groups excluding tert-OH is 1. The van der Waals surface area contributed by atoms with Gasteiger partial charge in [0.15, 0.2) is 0 Å². The standard InChI is InChI=1S/C12H21N3O2S/c1-7(2)9(5-6-16)14-11(17)10-8(3)15-18-12(10)13-4/h7,9,13,16H,5-6H2,1-4H3,(H,14,17). The second kappa shape index (κ2) is 6.70. The topological polar surface area (TPSA) is 74.2 Å². The van der Waals surface area contributed by atoms with Gasteiger partial charge in [-0.25, -0.2) is 0 Å². The number of aliphatic hydroxyl groups is 1. The normalized spacial score (nSPS) is 12.6. The summed E-state index contributed by atoms with van der Waals surface area (Å²) in [4.78, 5) is 12.2. The minimum Gasteiger partial charge on any atom is -0.396 e. The second-order valence-electron chi connectivity index (χ2n) is 4.56. The summed E-state index contributed by atoms with van der Waals surface area (Å²) in [6.07, 6.45) is 0.564. The molecule has 0 aromatic carbocycles. The number of hydrogen-bond acceptors (Lipinski definition) is 5. The van der Waals surface area contributed by atoms with Crippen molar-refractivity contribution in [3.05, 3.63) is 11.3 Å². The van der Waals surface area contributed by atoms with E-state index in [-0.39, 0.29) is 24.5 Å². The van der Waals surface area contributed by atoms with E-state index in [2.05, 4.69) is 15.0 Å². The third-order valence-corrected chi connectivity index (χ3v) is 3.83. The molecule has 0 fully saturated rings. The lowest BCUT2D eigenvalue weighted by atomic mass is 10.0. The number of rotatable bonds is 6. The van der Waals surface area contributed by atoms with Crippen LogP contribution in [-0.2, 0) is 0 Å². The number of nitrogens with zero attached hydrogens (tertiary/aromatic N) is 1. The van der Waals surface area contributed by atoms with Crippen LogP contribution in [0.15, 0.2) is 0 Å². The smallest absolute Gasteiger partial charge is 0.256 e. The fraction of sp³-hybridized carbons (Fsp3) is 0.667. The Balaban J connectivity index is 2.83. The van der Waals surface area contributed by atoms with Gasteiger partial charge in [0.1, 0.15) is 5.00 Å². The number of carbonyl (C=O) groups is 1. The molecule has 0 spiro atoms. The maximum Gasteiger partial charge on any atom is 0.256 e. The molecule has 5 nitrogen and oxygen atoms in total. The minimum absolute atomic E-state index is 0.0218. The first-order valence-corrected chi connectivity index (χ1v) is 6.84. The molecule has 0 aliphatic carbocycles. The Kier molecular flexibility index (Phi) is 5.55. The molecule has 0 bridgehead atoms. The summed E-state index contributed by atoms with van der Waals surface area (Å²) < 4.78 is 4.18. The number of aromatic nitrogens is 1. The second-order valence-corrected chi connectivity index (χ2v) is 5.33. The average Bonchev–Trinajstić information content (AvgIpc) is 2.69. The van der Waals surface area contributed by atoms with Crippen LogP contribution in [0.1, 0.15) is 36.3 Å². The molecule has 1 rings (SSSR count). The van der Waals surface area contributed by atoms with E-state index in [1.165, 1.54) is 11.5 Å². The first kappa shape index (κ1) is 14.9. The van der Waals surface area contributed by atoms with Crippen molar-refractivity contribution in [3.63, 3.8) is 0 Å². The molecule has 1 heterocycles. The van der Waals surface area contributed by atoms with E-state index < -0.39 is 0 Å².